The molecule has 0 aliphatic heterocycles. The molecule has 0 radical (unpaired) electrons. The molecule has 0 aliphatic rings. The second kappa shape index (κ2) is 6.12. The maximum atomic E-state index is 12.1. The van der Waals surface area contributed by atoms with E-state index in [0.29, 0.717) is 6.07 Å². The molecule has 122 valence electrons. The predicted molar refractivity (Wildman–Crippen MR) is 64.3 cm³/mol. The molecule has 0 bridgehead atoms. The van der Waals surface area contributed by atoms with Crippen LogP contribution < -0.4 is 14.6 Å². The Morgan fingerprint density at radius 1 is 1.14 bits per heavy atom. The molecule has 6 nitrogen and oxygen atoms in total. The van der Waals surface area contributed by atoms with Crippen LogP contribution in [-0.2, 0) is 4.74 Å². The van der Waals surface area contributed by atoms with E-state index in [9.17, 15) is 27.9 Å². The number of hydrogen-bond donors (Lipinski definition) is 0. The fourth-order valence-corrected chi connectivity index (χ4v) is 1.32. The van der Waals surface area contributed by atoms with Gasteiger partial charge in [0.05, 0.1) is 5.97 Å². The highest BCUT2D eigenvalue weighted by molar-refractivity contribution is 5.90. The molecule has 0 aliphatic carbocycles. The van der Waals surface area contributed by atoms with Crippen LogP contribution in [-0.4, -0.2) is 24.1 Å². The lowest BCUT2D eigenvalue weighted by molar-refractivity contribution is -0.275. The van der Waals surface area contributed by atoms with Crippen molar-refractivity contribution in [2.24, 2.45) is 0 Å². The van der Waals surface area contributed by atoms with Crippen molar-refractivity contribution in [3.63, 3.8) is 0 Å². The summed E-state index contributed by atoms with van der Waals surface area (Å²) in [5.41, 5.74) is -1.68. The molecule has 9 heteroatoms. The molecule has 1 aromatic carbocycles. The summed E-state index contributed by atoms with van der Waals surface area (Å²) in [6, 6.07) is 2.15. The highest BCUT2D eigenvalue weighted by Crippen LogP contribution is 2.28. The summed E-state index contributed by atoms with van der Waals surface area (Å²) in [5, 5.41) is 10.9. The van der Waals surface area contributed by atoms with Gasteiger partial charge in [0.15, 0.2) is 0 Å². The number of alkyl halides is 3. The maximum absolute atomic E-state index is 12.1. The lowest BCUT2D eigenvalue weighted by Crippen LogP contribution is -2.28. The number of ether oxygens (including phenoxy) is 3. The van der Waals surface area contributed by atoms with Crippen molar-refractivity contribution in [1.82, 2.24) is 0 Å². The number of hydrogen-bond acceptors (Lipinski definition) is 6. The van der Waals surface area contributed by atoms with E-state index in [1.807, 2.05) is 0 Å². The van der Waals surface area contributed by atoms with E-state index in [2.05, 4.69) is 9.47 Å². The Morgan fingerprint density at radius 3 is 2.18 bits per heavy atom. The predicted octanol–water partition coefficient (Wildman–Crippen LogP) is 2.26. The molecule has 0 N–H and O–H groups in total. The van der Waals surface area contributed by atoms with Crippen molar-refractivity contribution in [3.8, 4) is 11.5 Å². The average molecular weight is 321 g/mol. The molecule has 0 amide bonds. The third kappa shape index (κ3) is 5.90. The Hall–Kier alpha value is -2.45. The molecule has 0 saturated heterocycles. The molecule has 0 fully saturated rings. The van der Waals surface area contributed by atoms with Crippen molar-refractivity contribution < 1.29 is 42.1 Å². The summed E-state index contributed by atoms with van der Waals surface area (Å²) in [6.07, 6.45) is -6.20. The van der Waals surface area contributed by atoms with Crippen LogP contribution in [0.5, 0.6) is 11.5 Å². The molecule has 1 aromatic rings. The second-order valence-electron chi connectivity index (χ2n) is 5.06. The summed E-state index contributed by atoms with van der Waals surface area (Å²) < 4.78 is 49.3. The van der Waals surface area contributed by atoms with Gasteiger partial charge in [0.1, 0.15) is 17.1 Å². The van der Waals surface area contributed by atoms with Gasteiger partial charge in [0.2, 0.25) is 0 Å². The third-order valence-corrected chi connectivity index (χ3v) is 1.99. The second-order valence-corrected chi connectivity index (χ2v) is 5.06. The Morgan fingerprint density at radius 2 is 1.73 bits per heavy atom. The minimum atomic E-state index is -4.99. The van der Waals surface area contributed by atoms with Crippen LogP contribution >= 0.6 is 0 Å². The lowest BCUT2D eigenvalue weighted by atomic mass is 10.2. The summed E-state index contributed by atoms with van der Waals surface area (Å²) in [6.45, 7) is 4.65. The topological polar surface area (TPSA) is 84.9 Å². The summed E-state index contributed by atoms with van der Waals surface area (Å²) in [7, 11) is 0. The van der Waals surface area contributed by atoms with Gasteiger partial charge < -0.3 is 24.1 Å². The van der Waals surface area contributed by atoms with Crippen LogP contribution in [0, 0.1) is 0 Å². The van der Waals surface area contributed by atoms with Gasteiger partial charge in [-0.2, -0.15) is 0 Å². The number of rotatable bonds is 3. The molecular weight excluding hydrogens is 309 g/mol. The summed E-state index contributed by atoms with van der Waals surface area (Å²) in [4.78, 5) is 22.4. The third-order valence-electron chi connectivity index (χ3n) is 1.99. The Kier molecular flexibility index (Phi) is 4.90. The van der Waals surface area contributed by atoms with Gasteiger partial charge in [0, 0.05) is 5.56 Å². The highest BCUT2D eigenvalue weighted by Gasteiger charge is 2.31. The molecule has 0 unspecified atom stereocenters. The number of carbonyl (C=O) groups excluding carboxylic acids is 2. The quantitative estimate of drug-likeness (QED) is 0.627. The number of aromatic carboxylic acids is 1. The minimum Gasteiger partial charge on any atom is -0.545 e. The van der Waals surface area contributed by atoms with Gasteiger partial charge in [-0.3, -0.25) is 0 Å². The first-order chi connectivity index (χ1) is 9.87. The van der Waals surface area contributed by atoms with E-state index in [-0.39, 0.29) is 0 Å². The zero-order valence-electron chi connectivity index (χ0n) is 11.8. The average Bonchev–Trinajstić information content (AvgIpc) is 2.26. The first-order valence-electron chi connectivity index (χ1n) is 5.89. The first kappa shape index (κ1) is 17.6. The fraction of sp³-hybridized carbons (Fsp3) is 0.385. The fourth-order valence-electron chi connectivity index (χ4n) is 1.32. The maximum Gasteiger partial charge on any atom is 0.573 e. The van der Waals surface area contributed by atoms with Crippen molar-refractivity contribution in [3.05, 3.63) is 23.8 Å². The van der Waals surface area contributed by atoms with Gasteiger partial charge in [-0.1, -0.05) is 0 Å². The largest absolute Gasteiger partial charge is 0.573 e. The zero-order valence-corrected chi connectivity index (χ0v) is 11.8. The van der Waals surface area contributed by atoms with Gasteiger partial charge >= 0.3 is 12.5 Å². The van der Waals surface area contributed by atoms with E-state index in [1.54, 1.807) is 20.8 Å². The molecule has 22 heavy (non-hydrogen) atoms. The Labute approximate surface area is 123 Å². The van der Waals surface area contributed by atoms with Gasteiger partial charge in [0.25, 0.3) is 0 Å². The molecule has 1 rings (SSSR count). The first-order valence-corrected chi connectivity index (χ1v) is 5.89. The number of benzene rings is 1. The smallest absolute Gasteiger partial charge is 0.545 e. The van der Waals surface area contributed by atoms with E-state index in [1.165, 1.54) is 0 Å². The van der Waals surface area contributed by atoms with Crippen molar-refractivity contribution in [1.29, 1.82) is 0 Å². The number of carboxylic acids is 1. The van der Waals surface area contributed by atoms with Crippen molar-refractivity contribution in [2.75, 3.05) is 0 Å². The normalized spacial score (nSPS) is 11.7. The van der Waals surface area contributed by atoms with E-state index >= 15 is 0 Å². The SMILES string of the molecule is CC(C)(C)OC(=O)Oc1ccc(OC(F)(F)F)cc1C(=O)[O-]. The van der Waals surface area contributed by atoms with Crippen molar-refractivity contribution >= 4 is 12.1 Å². The molecular formula is C13H12F3O6-. The van der Waals surface area contributed by atoms with Crippen LogP contribution in [0.1, 0.15) is 31.1 Å². The summed E-state index contributed by atoms with van der Waals surface area (Å²) >= 11 is 0. The van der Waals surface area contributed by atoms with Crippen LogP contribution in [0.4, 0.5) is 18.0 Å². The molecule has 0 heterocycles. The lowest BCUT2D eigenvalue weighted by Gasteiger charge is -2.20. The number of carbonyl (C=O) groups is 2. The Bertz CT molecular complexity index is 574. The van der Waals surface area contributed by atoms with Crippen LogP contribution in [0.3, 0.4) is 0 Å². The molecule has 0 aromatic heterocycles. The van der Waals surface area contributed by atoms with E-state index in [0.717, 1.165) is 12.1 Å². The van der Waals surface area contributed by atoms with Crippen LogP contribution in [0.15, 0.2) is 18.2 Å². The van der Waals surface area contributed by atoms with Crippen molar-refractivity contribution in [2.45, 2.75) is 32.7 Å². The van der Waals surface area contributed by atoms with Gasteiger partial charge in [-0.15, -0.1) is 13.2 Å². The monoisotopic (exact) mass is 321 g/mol. The number of halogens is 3. The van der Waals surface area contributed by atoms with Crippen LogP contribution in [0.25, 0.3) is 0 Å². The van der Waals surface area contributed by atoms with Crippen LogP contribution in [0.2, 0.25) is 0 Å². The van der Waals surface area contributed by atoms with Gasteiger partial charge in [-0.05, 0) is 39.0 Å². The van der Waals surface area contributed by atoms with Gasteiger partial charge in [-0.25, -0.2) is 4.79 Å². The zero-order chi connectivity index (χ0) is 17.1. The Balaban J connectivity index is 3.01. The molecule has 0 atom stereocenters. The summed E-state index contributed by atoms with van der Waals surface area (Å²) in [5.74, 6) is -3.15. The molecule has 0 saturated carbocycles. The minimum absolute atomic E-state index is 0.524. The van der Waals surface area contributed by atoms with E-state index < -0.39 is 41.2 Å². The molecule has 0 spiro atoms. The standard InChI is InChI=1S/C13H13F3O6/c1-12(2,3)22-11(19)20-9-5-4-7(21-13(14,15)16)6-8(9)10(17)18/h4-6H,1-3H3,(H,17,18)/p-1. The highest BCUT2D eigenvalue weighted by atomic mass is 19.4. The van der Waals surface area contributed by atoms with E-state index in [4.69, 9.17) is 4.74 Å². The number of carboxylic acid groups (broad SMARTS) is 1.